The molecule has 3 nitrogen and oxygen atoms in total. The van der Waals surface area contributed by atoms with Crippen LogP contribution >= 0.6 is 11.6 Å². The molecular formula is C7H12ClN3. The first-order chi connectivity index (χ1) is 5.33. The van der Waals surface area contributed by atoms with Gasteiger partial charge >= 0.3 is 0 Å². The maximum absolute atomic E-state index is 5.67. The van der Waals surface area contributed by atoms with E-state index in [-0.39, 0.29) is 0 Å². The van der Waals surface area contributed by atoms with Gasteiger partial charge in [-0.3, -0.25) is 0 Å². The lowest BCUT2D eigenvalue weighted by Crippen LogP contribution is -2.02. The van der Waals surface area contributed by atoms with Crippen LogP contribution in [-0.4, -0.2) is 15.0 Å². The van der Waals surface area contributed by atoms with E-state index in [2.05, 4.69) is 17.2 Å². The second-order valence-corrected chi connectivity index (χ2v) is 2.55. The normalized spacial score (nSPS) is 10.5. The number of hydrogen-bond acceptors (Lipinski definition) is 2. The summed E-state index contributed by atoms with van der Waals surface area (Å²) in [6.07, 6.45) is 0.947. The van der Waals surface area contributed by atoms with Gasteiger partial charge in [0.2, 0.25) is 0 Å². The molecule has 0 unspecified atom stereocenters. The van der Waals surface area contributed by atoms with Crippen molar-refractivity contribution in [1.29, 1.82) is 0 Å². The number of nitrogens with zero attached hydrogens (tertiary/aromatic N) is 3. The van der Waals surface area contributed by atoms with E-state index in [0.717, 1.165) is 24.4 Å². The first-order valence-electron chi connectivity index (χ1n) is 3.80. The van der Waals surface area contributed by atoms with Gasteiger partial charge in [-0.15, -0.1) is 16.7 Å². The molecule has 1 heterocycles. The molecule has 4 heteroatoms. The summed E-state index contributed by atoms with van der Waals surface area (Å²) in [5.74, 6) is 0.461. The van der Waals surface area contributed by atoms with Gasteiger partial charge in [0.1, 0.15) is 5.69 Å². The Hall–Kier alpha value is -0.570. The van der Waals surface area contributed by atoms with Crippen LogP contribution in [-0.2, 0) is 18.8 Å². The number of rotatable bonds is 3. The summed E-state index contributed by atoms with van der Waals surface area (Å²) < 4.78 is 1.89. The summed E-state index contributed by atoms with van der Waals surface area (Å²) in [4.78, 5) is 0. The predicted molar refractivity (Wildman–Crippen MR) is 44.6 cm³/mol. The van der Waals surface area contributed by atoms with Crippen LogP contribution in [0.1, 0.15) is 25.2 Å². The molecule has 0 fully saturated rings. The molecule has 0 amide bonds. The van der Waals surface area contributed by atoms with Crippen LogP contribution < -0.4 is 0 Å². The number of alkyl halides is 1. The topological polar surface area (TPSA) is 30.7 Å². The molecule has 0 saturated carbocycles. The summed E-state index contributed by atoms with van der Waals surface area (Å²) in [6, 6.07) is 0. The van der Waals surface area contributed by atoms with E-state index in [1.807, 2.05) is 11.6 Å². The third-order valence-corrected chi connectivity index (χ3v) is 1.93. The Morgan fingerprint density at radius 3 is 2.64 bits per heavy atom. The van der Waals surface area contributed by atoms with Crippen LogP contribution in [0.5, 0.6) is 0 Å². The molecule has 0 N–H and O–H groups in total. The molecular weight excluding hydrogens is 162 g/mol. The van der Waals surface area contributed by atoms with Crippen molar-refractivity contribution in [2.45, 2.75) is 32.7 Å². The molecule has 0 bridgehead atoms. The summed E-state index contributed by atoms with van der Waals surface area (Å²) in [7, 11) is 0. The molecule has 0 saturated heterocycles. The van der Waals surface area contributed by atoms with Crippen molar-refractivity contribution >= 4 is 11.6 Å². The Kier molecular flexibility index (Phi) is 2.88. The van der Waals surface area contributed by atoms with Crippen LogP contribution in [0.2, 0.25) is 0 Å². The third-order valence-electron chi connectivity index (χ3n) is 1.68. The van der Waals surface area contributed by atoms with Gasteiger partial charge in [-0.05, 0) is 13.3 Å². The average molecular weight is 174 g/mol. The van der Waals surface area contributed by atoms with E-state index in [4.69, 9.17) is 11.6 Å². The predicted octanol–water partition coefficient (Wildman–Crippen LogP) is 1.60. The second kappa shape index (κ2) is 3.72. The van der Waals surface area contributed by atoms with Crippen LogP contribution in [0.15, 0.2) is 0 Å². The lowest BCUT2D eigenvalue weighted by atomic mass is 10.3. The van der Waals surface area contributed by atoms with Gasteiger partial charge in [-0.25, -0.2) is 4.68 Å². The Bertz CT molecular complexity index is 210. The van der Waals surface area contributed by atoms with Crippen molar-refractivity contribution in [2.24, 2.45) is 0 Å². The molecule has 62 valence electrons. The zero-order chi connectivity index (χ0) is 8.27. The lowest BCUT2D eigenvalue weighted by Gasteiger charge is -1.99. The molecule has 0 spiro atoms. The van der Waals surface area contributed by atoms with Gasteiger partial charge < -0.3 is 0 Å². The first-order valence-corrected chi connectivity index (χ1v) is 4.34. The highest BCUT2D eigenvalue weighted by molar-refractivity contribution is 6.16. The quantitative estimate of drug-likeness (QED) is 0.651. The van der Waals surface area contributed by atoms with Crippen molar-refractivity contribution in [3.05, 3.63) is 11.4 Å². The monoisotopic (exact) mass is 173 g/mol. The minimum Gasteiger partial charge on any atom is -0.249 e. The Morgan fingerprint density at radius 1 is 1.45 bits per heavy atom. The fourth-order valence-electron chi connectivity index (χ4n) is 1.11. The van der Waals surface area contributed by atoms with Crippen molar-refractivity contribution in [3.63, 3.8) is 0 Å². The fourth-order valence-corrected chi connectivity index (χ4v) is 1.32. The van der Waals surface area contributed by atoms with Crippen molar-refractivity contribution in [2.75, 3.05) is 0 Å². The van der Waals surface area contributed by atoms with E-state index in [0.29, 0.717) is 5.88 Å². The zero-order valence-electron chi connectivity index (χ0n) is 6.84. The standard InChI is InChI=1S/C7H12ClN3/c1-3-7-6(5-8)9-10-11(7)4-2/h3-5H2,1-2H3. The highest BCUT2D eigenvalue weighted by atomic mass is 35.5. The van der Waals surface area contributed by atoms with E-state index in [1.165, 1.54) is 0 Å². The Balaban J connectivity index is 2.99. The van der Waals surface area contributed by atoms with Gasteiger partial charge in [0, 0.05) is 6.54 Å². The molecule has 0 aliphatic rings. The van der Waals surface area contributed by atoms with Gasteiger partial charge in [-0.2, -0.15) is 0 Å². The SMILES string of the molecule is CCc1c(CCl)nnn1CC. The fraction of sp³-hybridized carbons (Fsp3) is 0.714. The van der Waals surface area contributed by atoms with Crippen LogP contribution in [0.25, 0.3) is 0 Å². The number of aromatic nitrogens is 3. The number of halogens is 1. The largest absolute Gasteiger partial charge is 0.249 e. The smallest absolute Gasteiger partial charge is 0.101 e. The van der Waals surface area contributed by atoms with E-state index in [9.17, 15) is 0 Å². The summed E-state index contributed by atoms with van der Waals surface area (Å²) in [6.45, 7) is 5.00. The molecule has 0 aliphatic heterocycles. The van der Waals surface area contributed by atoms with Gasteiger partial charge in [0.25, 0.3) is 0 Å². The summed E-state index contributed by atoms with van der Waals surface area (Å²) in [5.41, 5.74) is 2.07. The molecule has 1 rings (SSSR count). The second-order valence-electron chi connectivity index (χ2n) is 2.29. The van der Waals surface area contributed by atoms with Gasteiger partial charge in [0.15, 0.2) is 0 Å². The van der Waals surface area contributed by atoms with E-state index < -0.39 is 0 Å². The lowest BCUT2D eigenvalue weighted by molar-refractivity contribution is 0.601. The summed E-state index contributed by atoms with van der Waals surface area (Å²) in [5, 5.41) is 7.92. The average Bonchev–Trinajstić information content (AvgIpc) is 2.45. The molecule has 11 heavy (non-hydrogen) atoms. The minimum atomic E-state index is 0.461. The maximum Gasteiger partial charge on any atom is 0.101 e. The van der Waals surface area contributed by atoms with Crippen molar-refractivity contribution in [3.8, 4) is 0 Å². The Labute approximate surface area is 71.4 Å². The van der Waals surface area contributed by atoms with Gasteiger partial charge in [0.05, 0.1) is 11.6 Å². The first kappa shape index (κ1) is 8.53. The minimum absolute atomic E-state index is 0.461. The van der Waals surface area contributed by atoms with Crippen LogP contribution in [0.3, 0.4) is 0 Å². The summed E-state index contributed by atoms with van der Waals surface area (Å²) >= 11 is 5.67. The molecule has 1 aromatic rings. The van der Waals surface area contributed by atoms with Crippen molar-refractivity contribution < 1.29 is 0 Å². The highest BCUT2D eigenvalue weighted by Crippen LogP contribution is 2.08. The Morgan fingerprint density at radius 2 is 2.18 bits per heavy atom. The maximum atomic E-state index is 5.67. The van der Waals surface area contributed by atoms with E-state index >= 15 is 0 Å². The number of aryl methyl sites for hydroxylation is 1. The van der Waals surface area contributed by atoms with Crippen molar-refractivity contribution in [1.82, 2.24) is 15.0 Å². The van der Waals surface area contributed by atoms with E-state index in [1.54, 1.807) is 0 Å². The van der Waals surface area contributed by atoms with Crippen LogP contribution in [0.4, 0.5) is 0 Å². The van der Waals surface area contributed by atoms with Crippen LogP contribution in [0, 0.1) is 0 Å². The third kappa shape index (κ3) is 1.53. The molecule has 1 aromatic heterocycles. The zero-order valence-corrected chi connectivity index (χ0v) is 7.60. The molecule has 0 atom stereocenters. The molecule has 0 radical (unpaired) electrons. The number of hydrogen-bond donors (Lipinski definition) is 0. The molecule has 0 aliphatic carbocycles. The van der Waals surface area contributed by atoms with Gasteiger partial charge in [-0.1, -0.05) is 12.1 Å². The highest BCUT2D eigenvalue weighted by Gasteiger charge is 2.07. The molecule has 0 aromatic carbocycles.